The number of sulfonamides is 1. The van der Waals surface area contributed by atoms with E-state index in [4.69, 9.17) is 15.0 Å². The molecule has 0 bridgehead atoms. The van der Waals surface area contributed by atoms with Crippen LogP contribution in [0.25, 0.3) is 43.1 Å². The summed E-state index contributed by atoms with van der Waals surface area (Å²) in [5, 5.41) is 8.12. The largest absolute Gasteiger partial charge is 0.348 e. The summed E-state index contributed by atoms with van der Waals surface area (Å²) < 4.78 is 62.0. The van der Waals surface area contributed by atoms with E-state index in [1.54, 1.807) is 19.2 Å². The smallest absolute Gasteiger partial charge is 0.260 e. The van der Waals surface area contributed by atoms with Crippen molar-refractivity contribution in [3.05, 3.63) is 186 Å². The predicted molar refractivity (Wildman–Crippen MR) is 236 cm³/mol. The number of nitrogens with one attached hydrogen (secondary N) is 2. The molecule has 1 amide bonds. The number of carbonyl (C=O) groups excluding carboxylic acids is 1. The lowest BCUT2D eigenvalue weighted by atomic mass is 9.77. The maximum atomic E-state index is 14.5. The second-order valence-electron chi connectivity index (χ2n) is 14.8. The molecule has 5 aromatic carbocycles. The molecule has 4 heterocycles. The lowest BCUT2D eigenvalue weighted by Crippen LogP contribution is -2.36. The van der Waals surface area contributed by atoms with E-state index < -0.39 is 39.1 Å². The first-order valence-corrected chi connectivity index (χ1v) is 21.9. The van der Waals surface area contributed by atoms with Gasteiger partial charge in [-0.1, -0.05) is 103 Å². The lowest BCUT2D eigenvalue weighted by Gasteiger charge is -2.37. The van der Waals surface area contributed by atoms with Crippen LogP contribution < -0.4 is 10.0 Å². The summed E-state index contributed by atoms with van der Waals surface area (Å²) >= 11 is 1.37. The van der Waals surface area contributed by atoms with Crippen molar-refractivity contribution in [2.75, 3.05) is 7.05 Å². The molecule has 0 unspecified atom stereocenters. The fraction of sp³-hybridized carbons (Fsp3) is 0.128. The number of hydrogen-bond donors (Lipinski definition) is 2. The van der Waals surface area contributed by atoms with E-state index in [0.29, 0.717) is 54.3 Å². The van der Waals surface area contributed by atoms with Crippen LogP contribution in [0.3, 0.4) is 0 Å². The van der Waals surface area contributed by atoms with Gasteiger partial charge in [0, 0.05) is 42.7 Å². The fourth-order valence-electron chi connectivity index (χ4n) is 8.31. The number of hydrogen-bond acceptors (Lipinski definition) is 8. The molecule has 9 rings (SSSR count). The highest BCUT2D eigenvalue weighted by atomic mass is 32.2. The SMILES string of the molecule is CNS(=O)(=O)c1nn(C)c2c(-c3cc4sc(-c5cn(C(c6ccccc6)(c6ccccc6)c6ccccc6)cn5)nc4nc3[C@H](Cc3cc(F)cc(F)c3)NC(C)=O)cccc12. The molecule has 9 aromatic rings. The van der Waals surface area contributed by atoms with Crippen molar-refractivity contribution in [3.63, 3.8) is 0 Å². The second-order valence-corrected chi connectivity index (χ2v) is 17.6. The molecule has 0 spiro atoms. The molecule has 310 valence electrons. The first kappa shape index (κ1) is 40.5. The van der Waals surface area contributed by atoms with Gasteiger partial charge in [-0.05, 0) is 60.0 Å². The standard InChI is InChI=1S/C47H38F2N8O3S2/c1-29(58)52-39(24-30-22-34(48)25-35(49)23-30)42-38(36-20-13-21-37-43(36)56(3)55-46(37)62(59,60)50-2)26-41-44(53-42)54-45(61-41)40-27-57(28-51-40)47(31-14-7-4-8-15-31,32-16-9-5-10-17-32)33-18-11-6-12-19-33/h4-23,25-28,39,50H,24H2,1-3H3,(H,52,58)/t39-/m0/s1. The van der Waals surface area contributed by atoms with Gasteiger partial charge in [0.05, 0.1) is 28.3 Å². The van der Waals surface area contributed by atoms with Crippen LogP contribution in [-0.4, -0.2) is 50.7 Å². The number of thiazole rings is 1. The van der Waals surface area contributed by atoms with Gasteiger partial charge >= 0.3 is 0 Å². The van der Waals surface area contributed by atoms with Crippen LogP contribution in [0.2, 0.25) is 0 Å². The third kappa shape index (κ3) is 7.23. The Hall–Kier alpha value is -6.94. The average molecular weight is 865 g/mol. The quantitative estimate of drug-likeness (QED) is 0.118. The number of aromatic nitrogens is 6. The van der Waals surface area contributed by atoms with Gasteiger partial charge in [0.2, 0.25) is 5.91 Å². The highest BCUT2D eigenvalue weighted by Gasteiger charge is 2.39. The van der Waals surface area contributed by atoms with Crippen molar-refractivity contribution in [3.8, 4) is 21.8 Å². The minimum Gasteiger partial charge on any atom is -0.348 e. The fourth-order valence-corrected chi connectivity index (χ4v) is 10.1. The zero-order valence-corrected chi connectivity index (χ0v) is 35.3. The van der Waals surface area contributed by atoms with Crippen LogP contribution >= 0.6 is 11.3 Å². The summed E-state index contributed by atoms with van der Waals surface area (Å²) in [5.74, 6) is -1.92. The number of para-hydroxylation sites is 1. The van der Waals surface area contributed by atoms with Gasteiger partial charge in [0.25, 0.3) is 10.0 Å². The van der Waals surface area contributed by atoms with E-state index in [-0.39, 0.29) is 11.4 Å². The number of aryl methyl sites for hydroxylation is 1. The normalized spacial score (nSPS) is 12.5. The Kier molecular flexibility index (Phi) is 10.5. The van der Waals surface area contributed by atoms with Crippen LogP contribution in [0.5, 0.6) is 0 Å². The summed E-state index contributed by atoms with van der Waals surface area (Å²) in [7, 11) is -0.996. The molecular weight excluding hydrogens is 827 g/mol. The monoisotopic (exact) mass is 864 g/mol. The maximum absolute atomic E-state index is 14.5. The van der Waals surface area contributed by atoms with Crippen molar-refractivity contribution >= 4 is 48.5 Å². The Bertz CT molecular complexity index is 3110. The Balaban J connectivity index is 1.25. The molecule has 11 nitrogen and oxygen atoms in total. The summed E-state index contributed by atoms with van der Waals surface area (Å²) in [6.45, 7) is 1.35. The van der Waals surface area contributed by atoms with Gasteiger partial charge in [-0.3, -0.25) is 9.48 Å². The Labute approximate surface area is 359 Å². The average Bonchev–Trinajstić information content (AvgIpc) is 4.02. The highest BCUT2D eigenvalue weighted by Crippen LogP contribution is 2.43. The molecule has 0 saturated heterocycles. The van der Waals surface area contributed by atoms with Crippen LogP contribution in [0.1, 0.15) is 40.9 Å². The van der Waals surface area contributed by atoms with Crippen molar-refractivity contribution in [1.82, 2.24) is 39.3 Å². The van der Waals surface area contributed by atoms with E-state index in [9.17, 15) is 22.0 Å². The zero-order valence-electron chi connectivity index (χ0n) is 33.6. The predicted octanol–water partition coefficient (Wildman–Crippen LogP) is 8.55. The first-order chi connectivity index (χ1) is 30.0. The zero-order chi connectivity index (χ0) is 43.2. The number of imidazole rings is 1. The van der Waals surface area contributed by atoms with E-state index in [2.05, 4.69) is 56.1 Å². The van der Waals surface area contributed by atoms with E-state index in [1.165, 1.54) is 42.1 Å². The summed E-state index contributed by atoms with van der Waals surface area (Å²) in [6, 6.07) is 40.2. The lowest BCUT2D eigenvalue weighted by molar-refractivity contribution is -0.119. The number of nitrogens with zero attached hydrogens (tertiary/aromatic N) is 6. The second kappa shape index (κ2) is 16.2. The van der Waals surface area contributed by atoms with Gasteiger partial charge in [-0.2, -0.15) is 5.10 Å². The molecular formula is C47H38F2N8O3S2. The van der Waals surface area contributed by atoms with Crippen molar-refractivity contribution in [2.24, 2.45) is 7.05 Å². The molecule has 0 radical (unpaired) electrons. The molecule has 4 aromatic heterocycles. The molecule has 0 fully saturated rings. The number of rotatable bonds is 12. The van der Waals surface area contributed by atoms with Gasteiger partial charge in [0.1, 0.15) is 27.9 Å². The third-order valence-electron chi connectivity index (χ3n) is 10.9. The molecule has 62 heavy (non-hydrogen) atoms. The van der Waals surface area contributed by atoms with Crippen LogP contribution in [0.15, 0.2) is 151 Å². The van der Waals surface area contributed by atoms with Crippen LogP contribution in [0, 0.1) is 11.6 Å². The molecule has 0 saturated carbocycles. The molecule has 0 aliphatic heterocycles. The topological polar surface area (TPSA) is 137 Å². The first-order valence-electron chi connectivity index (χ1n) is 19.6. The Morgan fingerprint density at radius 1 is 0.806 bits per heavy atom. The minimum atomic E-state index is -3.96. The van der Waals surface area contributed by atoms with Crippen molar-refractivity contribution < 1.29 is 22.0 Å². The number of fused-ring (bicyclic) bond motifs is 2. The molecule has 2 N–H and O–H groups in total. The van der Waals surface area contributed by atoms with E-state index in [1.807, 2.05) is 79.3 Å². The number of amides is 1. The molecule has 0 aliphatic rings. The Morgan fingerprint density at radius 3 is 2.00 bits per heavy atom. The van der Waals surface area contributed by atoms with E-state index in [0.717, 1.165) is 22.8 Å². The molecule has 15 heteroatoms. The van der Waals surface area contributed by atoms with Gasteiger partial charge in [-0.25, -0.2) is 36.9 Å². The van der Waals surface area contributed by atoms with E-state index >= 15 is 0 Å². The maximum Gasteiger partial charge on any atom is 0.260 e. The summed E-state index contributed by atoms with van der Waals surface area (Å²) in [6.07, 6.45) is 3.76. The summed E-state index contributed by atoms with van der Waals surface area (Å²) in [4.78, 5) is 27.9. The molecule has 1 atom stereocenters. The van der Waals surface area contributed by atoms with Crippen molar-refractivity contribution in [2.45, 2.75) is 30.0 Å². The minimum absolute atomic E-state index is 0.0253. The van der Waals surface area contributed by atoms with Gasteiger partial charge < -0.3 is 9.88 Å². The number of halogens is 2. The van der Waals surface area contributed by atoms with Crippen molar-refractivity contribution in [1.29, 1.82) is 0 Å². The summed E-state index contributed by atoms with van der Waals surface area (Å²) in [5.41, 5.74) is 5.45. The highest BCUT2D eigenvalue weighted by molar-refractivity contribution is 7.89. The van der Waals surface area contributed by atoms with Crippen LogP contribution in [-0.2, 0) is 33.8 Å². The number of carbonyl (C=O) groups is 1. The third-order valence-corrected chi connectivity index (χ3v) is 13.3. The number of pyridine rings is 1. The van der Waals surface area contributed by atoms with Gasteiger partial charge in [-0.15, -0.1) is 11.3 Å². The van der Waals surface area contributed by atoms with Gasteiger partial charge in [0.15, 0.2) is 10.7 Å². The Morgan fingerprint density at radius 2 is 1.42 bits per heavy atom. The van der Waals surface area contributed by atoms with Crippen LogP contribution in [0.4, 0.5) is 8.78 Å². The number of benzene rings is 5. The molecule has 0 aliphatic carbocycles.